The van der Waals surface area contributed by atoms with E-state index < -0.39 is 0 Å². The third-order valence-corrected chi connectivity index (χ3v) is 7.64. The summed E-state index contributed by atoms with van der Waals surface area (Å²) in [5.41, 5.74) is 1.38. The van der Waals surface area contributed by atoms with Gasteiger partial charge in [-0.1, -0.05) is 134 Å². The molecule has 2 rings (SSSR count). The lowest BCUT2D eigenvalue weighted by molar-refractivity contribution is 0.00559. The van der Waals surface area contributed by atoms with Gasteiger partial charge in [-0.25, -0.2) is 0 Å². The highest BCUT2D eigenvalue weighted by molar-refractivity contribution is 5.14. The van der Waals surface area contributed by atoms with Crippen LogP contribution >= 0.6 is 0 Å². The molecule has 4 heteroatoms. The topological polar surface area (TPSA) is 35.9 Å². The molecule has 1 aromatic rings. The summed E-state index contributed by atoms with van der Waals surface area (Å²) >= 11 is 0. The van der Waals surface area contributed by atoms with Crippen molar-refractivity contribution in [2.75, 3.05) is 45.9 Å². The van der Waals surface area contributed by atoms with Crippen LogP contribution in [-0.4, -0.2) is 66.9 Å². The molecule has 36 heavy (non-hydrogen) atoms. The molecule has 1 N–H and O–H groups in total. The molecule has 1 saturated heterocycles. The maximum Gasteiger partial charge on any atom is 0.0900 e. The summed E-state index contributed by atoms with van der Waals surface area (Å²) in [5, 5.41) is 10.4. The van der Waals surface area contributed by atoms with E-state index in [1.165, 1.54) is 102 Å². The number of β-amino-alcohol motifs (C(OH)–C–C–N with tert-alkyl or cyclic N) is 1. The Kier molecular flexibility index (Phi) is 19.2. The Morgan fingerprint density at radius 3 is 1.67 bits per heavy atom. The van der Waals surface area contributed by atoms with Crippen LogP contribution in [0.2, 0.25) is 0 Å². The number of unbranched alkanes of at least 4 members (excludes halogenated alkanes) is 15. The Morgan fingerprint density at radius 2 is 1.14 bits per heavy atom. The summed E-state index contributed by atoms with van der Waals surface area (Å²) < 4.78 is 5.77. The summed E-state index contributed by atoms with van der Waals surface area (Å²) in [6.07, 6.45) is 21.9. The van der Waals surface area contributed by atoms with E-state index in [4.69, 9.17) is 4.74 Å². The van der Waals surface area contributed by atoms with Gasteiger partial charge in [0.1, 0.15) is 0 Å². The van der Waals surface area contributed by atoms with Crippen molar-refractivity contribution in [2.24, 2.45) is 0 Å². The number of aliphatic hydroxyl groups is 1. The van der Waals surface area contributed by atoms with Crippen molar-refractivity contribution in [3.8, 4) is 0 Å². The van der Waals surface area contributed by atoms with E-state index >= 15 is 0 Å². The second kappa shape index (κ2) is 22.1. The first-order chi connectivity index (χ1) is 17.8. The number of piperazine rings is 1. The highest BCUT2D eigenvalue weighted by Gasteiger charge is 2.19. The van der Waals surface area contributed by atoms with Crippen molar-refractivity contribution in [1.82, 2.24) is 9.80 Å². The molecule has 208 valence electrons. The summed E-state index contributed by atoms with van der Waals surface area (Å²) in [7, 11) is 0. The number of aliphatic hydroxyl groups excluding tert-OH is 1. The molecule has 0 amide bonds. The molecule has 1 aromatic carbocycles. The van der Waals surface area contributed by atoms with Crippen molar-refractivity contribution >= 4 is 0 Å². The Balaban J connectivity index is 1.29. The van der Waals surface area contributed by atoms with Crippen molar-refractivity contribution in [3.63, 3.8) is 0 Å². The Morgan fingerprint density at radius 1 is 0.667 bits per heavy atom. The molecule has 0 radical (unpaired) electrons. The summed E-state index contributed by atoms with van der Waals surface area (Å²) in [4.78, 5) is 4.89. The molecule has 1 fully saturated rings. The molecule has 1 aliphatic heterocycles. The largest absolute Gasteiger partial charge is 0.389 e. The predicted octanol–water partition coefficient (Wildman–Crippen LogP) is 7.44. The van der Waals surface area contributed by atoms with E-state index in [0.717, 1.165) is 52.3 Å². The van der Waals surface area contributed by atoms with Crippen LogP contribution in [0.25, 0.3) is 0 Å². The van der Waals surface area contributed by atoms with E-state index in [-0.39, 0.29) is 6.10 Å². The zero-order chi connectivity index (χ0) is 25.5. The van der Waals surface area contributed by atoms with Crippen LogP contribution in [-0.2, 0) is 11.3 Å². The van der Waals surface area contributed by atoms with E-state index in [1.807, 2.05) is 0 Å². The van der Waals surface area contributed by atoms with E-state index in [0.29, 0.717) is 6.61 Å². The Labute approximate surface area is 223 Å². The van der Waals surface area contributed by atoms with Gasteiger partial charge in [0, 0.05) is 45.9 Å². The van der Waals surface area contributed by atoms with Gasteiger partial charge < -0.3 is 9.84 Å². The van der Waals surface area contributed by atoms with Gasteiger partial charge in [0.2, 0.25) is 0 Å². The van der Waals surface area contributed by atoms with Crippen LogP contribution in [0.3, 0.4) is 0 Å². The Bertz CT molecular complexity index is 589. The number of nitrogens with zero attached hydrogens (tertiary/aromatic N) is 2. The first-order valence-electron chi connectivity index (χ1n) is 15.5. The minimum Gasteiger partial charge on any atom is -0.389 e. The van der Waals surface area contributed by atoms with Crippen molar-refractivity contribution < 1.29 is 9.84 Å². The predicted molar refractivity (Wildman–Crippen MR) is 155 cm³/mol. The summed E-state index contributed by atoms with van der Waals surface area (Å²) in [5.74, 6) is 0. The smallest absolute Gasteiger partial charge is 0.0900 e. The molecule has 0 bridgehead atoms. The molecule has 0 aromatic heterocycles. The highest BCUT2D eigenvalue weighted by Crippen LogP contribution is 2.14. The number of ether oxygens (including phenoxy) is 1. The van der Waals surface area contributed by atoms with Gasteiger partial charge in [0.05, 0.1) is 12.7 Å². The average Bonchev–Trinajstić information content (AvgIpc) is 2.90. The lowest BCUT2D eigenvalue weighted by Gasteiger charge is -2.35. The average molecular weight is 503 g/mol. The third kappa shape index (κ3) is 16.7. The van der Waals surface area contributed by atoms with Crippen LogP contribution < -0.4 is 0 Å². The molecular weight excluding hydrogens is 444 g/mol. The lowest BCUT2D eigenvalue weighted by atomic mass is 10.0. The van der Waals surface area contributed by atoms with Gasteiger partial charge in [-0.2, -0.15) is 0 Å². The maximum atomic E-state index is 10.4. The monoisotopic (exact) mass is 502 g/mol. The molecular formula is C32H58N2O2. The van der Waals surface area contributed by atoms with Crippen LogP contribution in [0.1, 0.15) is 115 Å². The van der Waals surface area contributed by atoms with Gasteiger partial charge in [0.25, 0.3) is 0 Å². The molecule has 1 atom stereocenters. The quantitative estimate of drug-likeness (QED) is 0.158. The number of hydrogen-bond acceptors (Lipinski definition) is 4. The van der Waals surface area contributed by atoms with Crippen LogP contribution in [0.15, 0.2) is 30.3 Å². The van der Waals surface area contributed by atoms with Gasteiger partial charge in [0.15, 0.2) is 0 Å². The number of hydrogen-bond donors (Lipinski definition) is 1. The minimum absolute atomic E-state index is 0.369. The highest BCUT2D eigenvalue weighted by atomic mass is 16.5. The van der Waals surface area contributed by atoms with Crippen LogP contribution in [0.4, 0.5) is 0 Å². The zero-order valence-corrected chi connectivity index (χ0v) is 23.7. The molecule has 0 spiro atoms. The van der Waals surface area contributed by atoms with E-state index in [9.17, 15) is 5.11 Å². The van der Waals surface area contributed by atoms with Gasteiger partial charge >= 0.3 is 0 Å². The molecule has 1 unspecified atom stereocenters. The summed E-state index contributed by atoms with van der Waals surface area (Å²) in [6, 6.07) is 10.7. The molecule has 1 aliphatic rings. The van der Waals surface area contributed by atoms with Crippen molar-refractivity contribution in [1.29, 1.82) is 0 Å². The van der Waals surface area contributed by atoms with Crippen molar-refractivity contribution in [3.05, 3.63) is 35.9 Å². The Hall–Kier alpha value is -0.940. The van der Waals surface area contributed by atoms with Gasteiger partial charge in [-0.15, -0.1) is 0 Å². The van der Waals surface area contributed by atoms with Gasteiger partial charge in [-0.05, 0) is 12.0 Å². The fourth-order valence-corrected chi connectivity index (χ4v) is 5.29. The maximum absolute atomic E-state index is 10.4. The van der Waals surface area contributed by atoms with Gasteiger partial charge in [-0.3, -0.25) is 9.80 Å². The van der Waals surface area contributed by atoms with Crippen LogP contribution in [0.5, 0.6) is 0 Å². The summed E-state index contributed by atoms with van der Waals surface area (Å²) in [6.45, 7) is 9.52. The van der Waals surface area contributed by atoms with Crippen LogP contribution in [0, 0.1) is 0 Å². The SMILES string of the molecule is CCCCCCCCCCCCCCCCCCOCC(O)CN1CCN(Cc2ccccc2)CC1. The molecule has 0 saturated carbocycles. The normalized spacial score (nSPS) is 15.9. The van der Waals surface area contributed by atoms with Crippen molar-refractivity contribution in [2.45, 2.75) is 122 Å². The minimum atomic E-state index is -0.369. The molecule has 4 nitrogen and oxygen atoms in total. The van der Waals surface area contributed by atoms with E-state index in [2.05, 4.69) is 47.1 Å². The third-order valence-electron chi connectivity index (χ3n) is 7.64. The lowest BCUT2D eigenvalue weighted by Crippen LogP contribution is -2.48. The second-order valence-electron chi connectivity index (χ2n) is 11.1. The molecule has 0 aliphatic carbocycles. The van der Waals surface area contributed by atoms with E-state index in [1.54, 1.807) is 0 Å². The molecule has 1 heterocycles. The fourth-order valence-electron chi connectivity index (χ4n) is 5.29. The standard InChI is InChI=1S/C32H58N2O2/c1-2-3-4-5-6-7-8-9-10-11-12-13-14-15-16-20-27-36-30-32(35)29-34-25-23-33(24-26-34)28-31-21-18-17-19-22-31/h17-19,21-22,32,35H,2-16,20,23-30H2,1H3. The number of rotatable bonds is 23. The second-order valence-corrected chi connectivity index (χ2v) is 11.1. The fraction of sp³-hybridized carbons (Fsp3) is 0.812. The zero-order valence-electron chi connectivity index (χ0n) is 23.7. The first-order valence-corrected chi connectivity index (χ1v) is 15.5. The first kappa shape index (κ1) is 31.3. The number of benzene rings is 1.